The summed E-state index contributed by atoms with van der Waals surface area (Å²) < 4.78 is 22.7. The molecule has 0 atom stereocenters. The number of benzene rings is 1. The van der Waals surface area contributed by atoms with E-state index in [1.54, 1.807) is 7.11 Å². The van der Waals surface area contributed by atoms with Crippen LogP contribution in [0.1, 0.15) is 32.8 Å². The van der Waals surface area contributed by atoms with Crippen LogP contribution in [0.2, 0.25) is 6.04 Å². The van der Waals surface area contributed by atoms with Crippen molar-refractivity contribution in [3.05, 3.63) is 35.9 Å². The lowest BCUT2D eigenvalue weighted by Gasteiger charge is -2.28. The quantitative estimate of drug-likeness (QED) is 0.573. The Balaban J connectivity index is 2.57. The lowest BCUT2D eigenvalue weighted by Crippen LogP contribution is -2.45. The fourth-order valence-corrected chi connectivity index (χ4v) is 4.72. The van der Waals surface area contributed by atoms with Crippen molar-refractivity contribution in [2.75, 3.05) is 26.9 Å². The van der Waals surface area contributed by atoms with Crippen molar-refractivity contribution in [1.82, 2.24) is 0 Å². The molecule has 0 aliphatic heterocycles. The third kappa shape index (κ3) is 6.32. The number of allylic oxidation sites excluding steroid dienone is 1. The van der Waals surface area contributed by atoms with Gasteiger partial charge in [0.1, 0.15) is 5.75 Å². The first-order chi connectivity index (χ1) is 10.7. The summed E-state index contributed by atoms with van der Waals surface area (Å²) in [6, 6.07) is 8.79. The summed E-state index contributed by atoms with van der Waals surface area (Å²) in [4.78, 5) is 0. The Morgan fingerprint density at radius 1 is 0.909 bits per heavy atom. The van der Waals surface area contributed by atoms with Crippen LogP contribution in [-0.4, -0.2) is 35.7 Å². The highest BCUT2D eigenvalue weighted by Gasteiger charge is 2.39. The van der Waals surface area contributed by atoms with E-state index in [9.17, 15) is 0 Å². The molecule has 0 amide bonds. The molecular weight excluding hydrogens is 296 g/mol. The minimum absolute atomic E-state index is 0.619. The van der Waals surface area contributed by atoms with E-state index in [-0.39, 0.29) is 0 Å². The van der Waals surface area contributed by atoms with Crippen molar-refractivity contribution in [2.24, 2.45) is 0 Å². The maximum absolute atomic E-state index is 5.84. The maximum Gasteiger partial charge on any atom is 0.501 e. The molecule has 22 heavy (non-hydrogen) atoms. The fourth-order valence-electron chi connectivity index (χ4n) is 2.20. The zero-order valence-corrected chi connectivity index (χ0v) is 15.1. The van der Waals surface area contributed by atoms with E-state index in [1.807, 2.05) is 45.0 Å². The Bertz CT molecular complexity index is 414. The van der Waals surface area contributed by atoms with Crippen LogP contribution in [0.25, 0.3) is 6.08 Å². The summed E-state index contributed by atoms with van der Waals surface area (Å²) in [5, 5.41) is 0. The van der Waals surface area contributed by atoms with Crippen LogP contribution < -0.4 is 4.74 Å². The number of hydrogen-bond acceptors (Lipinski definition) is 4. The predicted octanol–water partition coefficient (Wildman–Crippen LogP) is 4.15. The van der Waals surface area contributed by atoms with Crippen LogP contribution in [0.5, 0.6) is 5.75 Å². The first-order valence-corrected chi connectivity index (χ1v) is 9.85. The van der Waals surface area contributed by atoms with Crippen molar-refractivity contribution >= 4 is 14.9 Å². The van der Waals surface area contributed by atoms with Gasteiger partial charge in [0.25, 0.3) is 0 Å². The van der Waals surface area contributed by atoms with Gasteiger partial charge in [0.2, 0.25) is 0 Å². The zero-order chi connectivity index (χ0) is 16.3. The lowest BCUT2D eigenvalue weighted by atomic mass is 10.2. The van der Waals surface area contributed by atoms with Crippen molar-refractivity contribution < 1.29 is 18.0 Å². The van der Waals surface area contributed by atoms with Crippen molar-refractivity contribution in [2.45, 2.75) is 33.2 Å². The molecule has 0 fully saturated rings. The Hall–Kier alpha value is -1.14. The predicted molar refractivity (Wildman–Crippen MR) is 92.1 cm³/mol. The molecule has 5 heteroatoms. The minimum Gasteiger partial charge on any atom is -0.497 e. The first kappa shape index (κ1) is 18.9. The number of rotatable bonds is 11. The summed E-state index contributed by atoms with van der Waals surface area (Å²) in [6.07, 6.45) is 5.11. The third-order valence-corrected chi connectivity index (χ3v) is 6.22. The number of methoxy groups -OCH3 is 1. The van der Waals surface area contributed by atoms with E-state index in [0.717, 1.165) is 23.8 Å². The number of ether oxygens (including phenoxy) is 1. The van der Waals surface area contributed by atoms with Gasteiger partial charge in [-0.05, 0) is 44.9 Å². The van der Waals surface area contributed by atoms with Gasteiger partial charge in [-0.2, -0.15) is 0 Å². The van der Waals surface area contributed by atoms with Gasteiger partial charge in [-0.25, -0.2) is 0 Å². The third-order valence-electron chi connectivity index (χ3n) is 3.14. The van der Waals surface area contributed by atoms with Crippen LogP contribution in [0, 0.1) is 0 Å². The maximum atomic E-state index is 5.84. The molecule has 0 aliphatic rings. The van der Waals surface area contributed by atoms with Gasteiger partial charge in [-0.3, -0.25) is 0 Å². The van der Waals surface area contributed by atoms with Crippen molar-refractivity contribution in [3.63, 3.8) is 0 Å². The number of hydrogen-bond donors (Lipinski definition) is 0. The summed E-state index contributed by atoms with van der Waals surface area (Å²) >= 11 is 0. The topological polar surface area (TPSA) is 36.9 Å². The summed E-state index contributed by atoms with van der Waals surface area (Å²) in [6.45, 7) is 7.80. The highest BCUT2D eigenvalue weighted by atomic mass is 28.4. The van der Waals surface area contributed by atoms with Gasteiger partial charge in [-0.1, -0.05) is 24.3 Å². The highest BCUT2D eigenvalue weighted by molar-refractivity contribution is 6.60. The van der Waals surface area contributed by atoms with Crippen LogP contribution in [0.15, 0.2) is 30.3 Å². The molecule has 0 saturated heterocycles. The smallest absolute Gasteiger partial charge is 0.497 e. The molecule has 0 aliphatic carbocycles. The van der Waals surface area contributed by atoms with Gasteiger partial charge < -0.3 is 18.0 Å². The Morgan fingerprint density at radius 3 is 1.91 bits per heavy atom. The second-order valence-corrected chi connectivity index (χ2v) is 7.43. The molecule has 0 heterocycles. The molecule has 1 rings (SSSR count). The first-order valence-electron chi connectivity index (χ1n) is 7.92. The Morgan fingerprint density at radius 2 is 1.45 bits per heavy atom. The Labute approximate surface area is 135 Å². The monoisotopic (exact) mass is 324 g/mol. The summed E-state index contributed by atoms with van der Waals surface area (Å²) in [5.74, 6) is 0.868. The molecule has 0 unspecified atom stereocenters. The van der Waals surface area contributed by atoms with E-state index in [2.05, 4.69) is 12.2 Å². The normalized spacial score (nSPS) is 12.0. The molecule has 0 saturated carbocycles. The lowest BCUT2D eigenvalue weighted by molar-refractivity contribution is 0.0716. The van der Waals surface area contributed by atoms with E-state index < -0.39 is 8.80 Å². The van der Waals surface area contributed by atoms with Crippen LogP contribution >= 0.6 is 0 Å². The van der Waals surface area contributed by atoms with Crippen LogP contribution in [0.4, 0.5) is 0 Å². The zero-order valence-electron chi connectivity index (χ0n) is 14.1. The van der Waals surface area contributed by atoms with E-state index >= 15 is 0 Å². The van der Waals surface area contributed by atoms with E-state index in [0.29, 0.717) is 19.8 Å². The second-order valence-electron chi connectivity index (χ2n) is 4.70. The average molecular weight is 324 g/mol. The summed E-state index contributed by atoms with van der Waals surface area (Å²) in [7, 11) is -0.849. The molecule has 124 valence electrons. The second kappa shape index (κ2) is 10.6. The molecule has 0 aromatic heterocycles. The van der Waals surface area contributed by atoms with Crippen LogP contribution in [-0.2, 0) is 13.3 Å². The van der Waals surface area contributed by atoms with Crippen molar-refractivity contribution in [1.29, 1.82) is 0 Å². The molecule has 0 bridgehead atoms. The fraction of sp³-hybridized carbons (Fsp3) is 0.529. The molecule has 4 nitrogen and oxygen atoms in total. The largest absolute Gasteiger partial charge is 0.501 e. The van der Waals surface area contributed by atoms with Gasteiger partial charge in [0.05, 0.1) is 7.11 Å². The summed E-state index contributed by atoms with van der Waals surface area (Å²) in [5.41, 5.74) is 1.15. The van der Waals surface area contributed by atoms with Gasteiger partial charge in [-0.15, -0.1) is 0 Å². The SMILES string of the molecule is CCO[Si](CC/C=C\c1ccc(OC)cc1)(OCC)OCC. The standard InChI is InChI=1S/C17H28O4Si/c1-5-19-22(20-6-2,21-7-3)15-9-8-10-16-11-13-17(18-4)14-12-16/h8,10-14H,5-7,9,15H2,1-4H3/b10-8-. The van der Waals surface area contributed by atoms with Crippen LogP contribution in [0.3, 0.4) is 0 Å². The van der Waals surface area contributed by atoms with E-state index in [4.69, 9.17) is 18.0 Å². The molecular formula is C17H28O4Si. The molecule has 1 aromatic rings. The van der Waals surface area contributed by atoms with E-state index in [1.165, 1.54) is 0 Å². The molecule has 0 spiro atoms. The molecule has 1 aromatic carbocycles. The average Bonchev–Trinajstić information content (AvgIpc) is 2.53. The minimum atomic E-state index is -2.52. The Kier molecular flexibility index (Phi) is 9.08. The van der Waals surface area contributed by atoms with Gasteiger partial charge in [0, 0.05) is 25.9 Å². The van der Waals surface area contributed by atoms with Crippen molar-refractivity contribution in [3.8, 4) is 5.75 Å². The van der Waals surface area contributed by atoms with Gasteiger partial charge >= 0.3 is 8.80 Å². The molecule has 0 N–H and O–H groups in total. The van der Waals surface area contributed by atoms with Gasteiger partial charge in [0.15, 0.2) is 0 Å². The molecule has 0 radical (unpaired) electrons. The highest BCUT2D eigenvalue weighted by Crippen LogP contribution is 2.19.